The quantitative estimate of drug-likeness (QED) is 0.526. The third-order valence-corrected chi connectivity index (χ3v) is 4.25. The molecule has 0 aliphatic rings. The Morgan fingerprint density at radius 1 is 1.07 bits per heavy atom. The van der Waals surface area contributed by atoms with Gasteiger partial charge in [0.15, 0.2) is 11.7 Å². The number of carbonyl (C=O) groups is 2. The highest BCUT2D eigenvalue weighted by Gasteiger charge is 2.09. The summed E-state index contributed by atoms with van der Waals surface area (Å²) in [7, 11) is 0. The summed E-state index contributed by atoms with van der Waals surface area (Å²) < 4.78 is 10.8. The predicted molar refractivity (Wildman–Crippen MR) is 111 cm³/mol. The summed E-state index contributed by atoms with van der Waals surface area (Å²) in [5.41, 5.74) is 2.09. The molecule has 0 atom stereocenters. The Bertz CT molecular complexity index is 933. The first-order valence-corrected chi connectivity index (χ1v) is 9.73. The molecule has 0 unspecified atom stereocenters. The highest BCUT2D eigenvalue weighted by molar-refractivity contribution is 5.93. The lowest BCUT2D eigenvalue weighted by molar-refractivity contribution is -0.116. The summed E-state index contributed by atoms with van der Waals surface area (Å²) in [6.07, 6.45) is 4.05. The fraction of sp³-hybridized carbons (Fsp3) is 0.261. The highest BCUT2D eigenvalue weighted by atomic mass is 16.5. The SMILES string of the molecule is CCCOC(=O)c1ccc(NC(=O)CCCc2ncc(-c3ccccc3)o2)cc1. The summed E-state index contributed by atoms with van der Waals surface area (Å²) in [6, 6.07) is 16.5. The first-order chi connectivity index (χ1) is 14.2. The summed E-state index contributed by atoms with van der Waals surface area (Å²) in [6.45, 7) is 2.34. The standard InChI is InChI=1S/C23H24N2O4/c1-2-15-28-23(27)18-11-13-19(14-12-18)25-21(26)9-6-10-22-24-16-20(29-22)17-7-4-3-5-8-17/h3-5,7-8,11-14,16H,2,6,9-10,15H2,1H3,(H,25,26). The smallest absolute Gasteiger partial charge is 0.338 e. The van der Waals surface area contributed by atoms with Crippen LogP contribution in [-0.4, -0.2) is 23.5 Å². The third-order valence-electron chi connectivity index (χ3n) is 4.25. The number of anilines is 1. The van der Waals surface area contributed by atoms with Gasteiger partial charge in [-0.1, -0.05) is 37.3 Å². The lowest BCUT2D eigenvalue weighted by Crippen LogP contribution is -2.12. The second-order valence-corrected chi connectivity index (χ2v) is 6.60. The number of amides is 1. The average molecular weight is 392 g/mol. The first kappa shape index (κ1) is 20.3. The number of nitrogens with zero attached hydrogens (tertiary/aromatic N) is 1. The van der Waals surface area contributed by atoms with Gasteiger partial charge in [0.25, 0.3) is 0 Å². The molecule has 0 saturated carbocycles. The maximum Gasteiger partial charge on any atom is 0.338 e. The summed E-state index contributed by atoms with van der Waals surface area (Å²) in [5.74, 6) is 0.890. The fourth-order valence-corrected chi connectivity index (χ4v) is 2.75. The zero-order valence-corrected chi connectivity index (χ0v) is 16.4. The fourth-order valence-electron chi connectivity index (χ4n) is 2.75. The van der Waals surface area contributed by atoms with E-state index in [0.29, 0.717) is 43.0 Å². The molecule has 2 aromatic carbocycles. The zero-order valence-electron chi connectivity index (χ0n) is 16.4. The maximum absolute atomic E-state index is 12.1. The van der Waals surface area contributed by atoms with Crippen molar-refractivity contribution < 1.29 is 18.7 Å². The first-order valence-electron chi connectivity index (χ1n) is 9.73. The van der Waals surface area contributed by atoms with Gasteiger partial charge >= 0.3 is 5.97 Å². The van der Waals surface area contributed by atoms with Crippen LogP contribution in [0, 0.1) is 0 Å². The number of hydrogen-bond donors (Lipinski definition) is 1. The van der Waals surface area contributed by atoms with Crippen LogP contribution >= 0.6 is 0 Å². The van der Waals surface area contributed by atoms with E-state index in [0.717, 1.165) is 17.7 Å². The number of aryl methyl sites for hydroxylation is 1. The second-order valence-electron chi connectivity index (χ2n) is 6.60. The molecule has 0 radical (unpaired) electrons. The lowest BCUT2D eigenvalue weighted by atomic mass is 10.2. The number of esters is 1. The number of carbonyl (C=O) groups excluding carboxylic acids is 2. The molecule has 3 aromatic rings. The Morgan fingerprint density at radius 2 is 1.83 bits per heavy atom. The molecule has 0 fully saturated rings. The molecule has 0 aliphatic heterocycles. The van der Waals surface area contributed by atoms with Crippen LogP contribution in [0.25, 0.3) is 11.3 Å². The van der Waals surface area contributed by atoms with Crippen LogP contribution in [0.2, 0.25) is 0 Å². The summed E-state index contributed by atoms with van der Waals surface area (Å²) in [5, 5.41) is 2.83. The molecule has 6 heteroatoms. The molecule has 29 heavy (non-hydrogen) atoms. The molecule has 150 valence electrons. The normalized spacial score (nSPS) is 10.5. The van der Waals surface area contributed by atoms with E-state index in [1.54, 1.807) is 30.5 Å². The minimum atomic E-state index is -0.356. The number of oxazole rings is 1. The van der Waals surface area contributed by atoms with Gasteiger partial charge in [-0.25, -0.2) is 9.78 Å². The summed E-state index contributed by atoms with van der Waals surface area (Å²) in [4.78, 5) is 28.2. The van der Waals surface area contributed by atoms with Crippen molar-refractivity contribution in [1.29, 1.82) is 0 Å². The average Bonchev–Trinajstić information content (AvgIpc) is 3.22. The van der Waals surface area contributed by atoms with E-state index >= 15 is 0 Å². The van der Waals surface area contributed by atoms with Crippen LogP contribution in [0.15, 0.2) is 65.2 Å². The summed E-state index contributed by atoms with van der Waals surface area (Å²) >= 11 is 0. The van der Waals surface area contributed by atoms with Crippen molar-refractivity contribution in [3.8, 4) is 11.3 Å². The Kier molecular flexibility index (Phi) is 7.16. The van der Waals surface area contributed by atoms with Crippen LogP contribution in [0.5, 0.6) is 0 Å². The molecular formula is C23H24N2O4. The number of benzene rings is 2. The van der Waals surface area contributed by atoms with E-state index in [1.165, 1.54) is 0 Å². The van der Waals surface area contributed by atoms with Crippen molar-refractivity contribution >= 4 is 17.6 Å². The van der Waals surface area contributed by atoms with Gasteiger partial charge in [0.2, 0.25) is 5.91 Å². The molecule has 0 spiro atoms. The zero-order chi connectivity index (χ0) is 20.5. The number of hydrogen-bond acceptors (Lipinski definition) is 5. The number of rotatable bonds is 9. The number of ether oxygens (including phenoxy) is 1. The molecule has 0 aliphatic carbocycles. The topological polar surface area (TPSA) is 81.4 Å². The van der Waals surface area contributed by atoms with Crippen molar-refractivity contribution in [2.24, 2.45) is 0 Å². The minimum Gasteiger partial charge on any atom is -0.462 e. The Morgan fingerprint density at radius 3 is 2.55 bits per heavy atom. The van der Waals surface area contributed by atoms with Crippen molar-refractivity contribution in [1.82, 2.24) is 4.98 Å². The molecule has 3 rings (SSSR count). The van der Waals surface area contributed by atoms with Crippen LogP contribution < -0.4 is 5.32 Å². The van der Waals surface area contributed by atoms with E-state index in [2.05, 4.69) is 10.3 Å². The Labute approximate surface area is 169 Å². The molecule has 1 heterocycles. The van der Waals surface area contributed by atoms with Crippen LogP contribution in [0.3, 0.4) is 0 Å². The van der Waals surface area contributed by atoms with E-state index in [4.69, 9.17) is 9.15 Å². The number of aromatic nitrogens is 1. The number of nitrogens with one attached hydrogen (secondary N) is 1. The molecular weight excluding hydrogens is 368 g/mol. The van der Waals surface area contributed by atoms with E-state index in [-0.39, 0.29) is 11.9 Å². The van der Waals surface area contributed by atoms with Crippen molar-refractivity contribution in [2.75, 3.05) is 11.9 Å². The highest BCUT2D eigenvalue weighted by Crippen LogP contribution is 2.20. The van der Waals surface area contributed by atoms with Gasteiger partial charge in [-0.3, -0.25) is 4.79 Å². The van der Waals surface area contributed by atoms with Crippen LogP contribution in [-0.2, 0) is 16.0 Å². The molecule has 0 bridgehead atoms. The minimum absolute atomic E-state index is 0.0962. The van der Waals surface area contributed by atoms with Gasteiger partial charge in [-0.05, 0) is 37.1 Å². The monoisotopic (exact) mass is 392 g/mol. The Balaban J connectivity index is 1.43. The van der Waals surface area contributed by atoms with Crippen molar-refractivity contribution in [3.63, 3.8) is 0 Å². The predicted octanol–water partition coefficient (Wildman–Crippen LogP) is 4.87. The van der Waals surface area contributed by atoms with E-state index < -0.39 is 0 Å². The van der Waals surface area contributed by atoms with E-state index in [9.17, 15) is 9.59 Å². The van der Waals surface area contributed by atoms with Gasteiger partial charge in [-0.15, -0.1) is 0 Å². The molecule has 1 amide bonds. The second kappa shape index (κ2) is 10.2. The Hall–Kier alpha value is -3.41. The van der Waals surface area contributed by atoms with Crippen molar-refractivity contribution in [2.45, 2.75) is 32.6 Å². The van der Waals surface area contributed by atoms with Gasteiger partial charge in [0.1, 0.15) is 0 Å². The van der Waals surface area contributed by atoms with Gasteiger partial charge in [-0.2, -0.15) is 0 Å². The van der Waals surface area contributed by atoms with Crippen LogP contribution in [0.1, 0.15) is 42.4 Å². The van der Waals surface area contributed by atoms with Gasteiger partial charge in [0, 0.05) is 24.1 Å². The molecule has 0 saturated heterocycles. The van der Waals surface area contributed by atoms with Crippen LogP contribution in [0.4, 0.5) is 5.69 Å². The molecule has 6 nitrogen and oxygen atoms in total. The van der Waals surface area contributed by atoms with Gasteiger partial charge in [0.05, 0.1) is 18.4 Å². The largest absolute Gasteiger partial charge is 0.462 e. The molecule has 1 aromatic heterocycles. The lowest BCUT2D eigenvalue weighted by Gasteiger charge is -2.06. The van der Waals surface area contributed by atoms with E-state index in [1.807, 2.05) is 37.3 Å². The van der Waals surface area contributed by atoms with Gasteiger partial charge < -0.3 is 14.5 Å². The third kappa shape index (κ3) is 6.04. The van der Waals surface area contributed by atoms with Crippen molar-refractivity contribution in [3.05, 3.63) is 72.2 Å². The molecule has 1 N–H and O–H groups in total. The maximum atomic E-state index is 12.1.